The topological polar surface area (TPSA) is 15.6 Å². The zero-order valence-electron chi connectivity index (χ0n) is 6.43. The van der Waals surface area contributed by atoms with E-state index in [2.05, 4.69) is 25.7 Å². The van der Waals surface area contributed by atoms with E-state index in [-0.39, 0.29) is 0 Å². The summed E-state index contributed by atoms with van der Waals surface area (Å²) in [7, 11) is 0. The fourth-order valence-corrected chi connectivity index (χ4v) is 0.769. The van der Waals surface area contributed by atoms with Crippen molar-refractivity contribution in [2.45, 2.75) is 26.7 Å². The Balaban J connectivity index is 3.29. The van der Waals surface area contributed by atoms with Crippen molar-refractivity contribution in [1.82, 2.24) is 5.01 Å². The van der Waals surface area contributed by atoms with Gasteiger partial charge in [-0.15, -0.1) is 0 Å². The number of rotatable bonds is 5. The van der Waals surface area contributed by atoms with E-state index < -0.39 is 0 Å². The molecule has 0 saturated carbocycles. The lowest BCUT2D eigenvalue weighted by Crippen LogP contribution is -2.18. The molecule has 9 heavy (non-hydrogen) atoms. The number of hydrazone groups is 1. The second kappa shape index (κ2) is 5.60. The molecule has 0 N–H and O–H groups in total. The third-order valence-electron chi connectivity index (χ3n) is 1.16. The standard InChI is InChI=1S/C7H16N2/c1-4-6-9(8-3)7-5-2/h3-7H2,1-2H3. The summed E-state index contributed by atoms with van der Waals surface area (Å²) in [5.41, 5.74) is 0. The Bertz CT molecular complexity index is 65.3. The molecule has 54 valence electrons. The van der Waals surface area contributed by atoms with E-state index in [0.717, 1.165) is 25.9 Å². The predicted octanol–water partition coefficient (Wildman–Crippen LogP) is 1.72. The van der Waals surface area contributed by atoms with Gasteiger partial charge in [0.05, 0.1) is 0 Å². The van der Waals surface area contributed by atoms with Gasteiger partial charge in [0.2, 0.25) is 0 Å². The molecule has 0 aliphatic carbocycles. The minimum absolute atomic E-state index is 1.04. The maximum Gasteiger partial charge on any atom is 0.0357 e. The molecule has 0 amide bonds. The predicted molar refractivity (Wildman–Crippen MR) is 41.7 cm³/mol. The van der Waals surface area contributed by atoms with Gasteiger partial charge in [-0.3, -0.25) is 5.01 Å². The molecule has 0 aliphatic heterocycles. The molecule has 2 heteroatoms. The van der Waals surface area contributed by atoms with E-state index in [9.17, 15) is 0 Å². The van der Waals surface area contributed by atoms with Crippen molar-refractivity contribution in [2.75, 3.05) is 13.1 Å². The first kappa shape index (κ1) is 8.47. The molecule has 0 aliphatic rings. The highest BCUT2D eigenvalue weighted by Crippen LogP contribution is 1.92. The summed E-state index contributed by atoms with van der Waals surface area (Å²) in [5, 5.41) is 5.85. The average Bonchev–Trinajstić information content (AvgIpc) is 1.88. The number of hydrogen-bond acceptors (Lipinski definition) is 2. The maximum atomic E-state index is 3.85. The Kier molecular flexibility index (Phi) is 5.27. The van der Waals surface area contributed by atoms with Crippen LogP contribution in [0.4, 0.5) is 0 Å². The number of nitrogens with zero attached hydrogens (tertiary/aromatic N) is 2. The summed E-state index contributed by atoms with van der Waals surface area (Å²) < 4.78 is 0. The molecule has 0 atom stereocenters. The van der Waals surface area contributed by atoms with Crippen molar-refractivity contribution in [1.29, 1.82) is 0 Å². The second-order valence-electron chi connectivity index (χ2n) is 2.10. The minimum atomic E-state index is 1.04. The van der Waals surface area contributed by atoms with E-state index in [4.69, 9.17) is 0 Å². The lowest BCUT2D eigenvalue weighted by atomic mass is 10.4. The van der Waals surface area contributed by atoms with Crippen LogP contribution in [0.5, 0.6) is 0 Å². The lowest BCUT2D eigenvalue weighted by Gasteiger charge is -2.15. The van der Waals surface area contributed by atoms with Crippen LogP contribution in [0.3, 0.4) is 0 Å². The molecular formula is C7H16N2. The Morgan fingerprint density at radius 1 is 1.22 bits per heavy atom. The first-order chi connectivity index (χ1) is 4.35. The Hall–Kier alpha value is -0.530. The Morgan fingerprint density at radius 3 is 1.89 bits per heavy atom. The summed E-state index contributed by atoms with van der Waals surface area (Å²) in [6.07, 6.45) is 2.30. The molecule has 0 bridgehead atoms. The largest absolute Gasteiger partial charge is 0.298 e. The molecule has 0 aromatic carbocycles. The molecule has 0 rings (SSSR count). The molecule has 0 aromatic heterocycles. The summed E-state index contributed by atoms with van der Waals surface area (Å²) in [4.78, 5) is 0. The van der Waals surface area contributed by atoms with Crippen molar-refractivity contribution in [3.63, 3.8) is 0 Å². The van der Waals surface area contributed by atoms with Gasteiger partial charge in [-0.25, -0.2) is 0 Å². The summed E-state index contributed by atoms with van der Waals surface area (Å²) in [6, 6.07) is 0. The van der Waals surface area contributed by atoms with Crippen LogP contribution < -0.4 is 0 Å². The van der Waals surface area contributed by atoms with E-state index in [1.807, 2.05) is 5.01 Å². The van der Waals surface area contributed by atoms with Crippen LogP contribution in [-0.4, -0.2) is 24.8 Å². The van der Waals surface area contributed by atoms with Crippen molar-refractivity contribution < 1.29 is 0 Å². The smallest absolute Gasteiger partial charge is 0.0357 e. The van der Waals surface area contributed by atoms with Crippen LogP contribution >= 0.6 is 0 Å². The first-order valence-electron chi connectivity index (χ1n) is 3.56. The molecular weight excluding hydrogens is 112 g/mol. The Labute approximate surface area is 57.6 Å². The normalized spacial score (nSPS) is 9.11. The van der Waals surface area contributed by atoms with E-state index in [1.54, 1.807) is 0 Å². The molecule has 2 nitrogen and oxygen atoms in total. The van der Waals surface area contributed by atoms with Crippen molar-refractivity contribution in [2.24, 2.45) is 5.10 Å². The van der Waals surface area contributed by atoms with Gasteiger partial charge in [0, 0.05) is 19.8 Å². The van der Waals surface area contributed by atoms with Gasteiger partial charge < -0.3 is 0 Å². The zero-order chi connectivity index (χ0) is 7.11. The van der Waals surface area contributed by atoms with Gasteiger partial charge in [0.15, 0.2) is 0 Å². The maximum absolute atomic E-state index is 3.85. The second-order valence-corrected chi connectivity index (χ2v) is 2.10. The molecule has 0 fully saturated rings. The quantitative estimate of drug-likeness (QED) is 0.406. The first-order valence-corrected chi connectivity index (χ1v) is 3.56. The molecule has 0 saturated heterocycles. The van der Waals surface area contributed by atoms with Crippen LogP contribution in [-0.2, 0) is 0 Å². The van der Waals surface area contributed by atoms with Gasteiger partial charge in [-0.2, -0.15) is 5.10 Å². The van der Waals surface area contributed by atoms with Gasteiger partial charge in [0.1, 0.15) is 0 Å². The lowest BCUT2D eigenvalue weighted by molar-refractivity contribution is 0.292. The van der Waals surface area contributed by atoms with Crippen molar-refractivity contribution >= 4 is 6.72 Å². The van der Waals surface area contributed by atoms with Gasteiger partial charge in [-0.05, 0) is 12.8 Å². The average molecular weight is 128 g/mol. The molecule has 0 spiro atoms. The van der Waals surface area contributed by atoms with Crippen LogP contribution in [0.2, 0.25) is 0 Å². The van der Waals surface area contributed by atoms with E-state index in [0.29, 0.717) is 0 Å². The molecule has 0 aromatic rings. The fourth-order valence-electron chi connectivity index (χ4n) is 0.769. The monoisotopic (exact) mass is 128 g/mol. The Morgan fingerprint density at radius 2 is 1.67 bits per heavy atom. The third-order valence-corrected chi connectivity index (χ3v) is 1.16. The van der Waals surface area contributed by atoms with E-state index >= 15 is 0 Å². The fraction of sp³-hybridized carbons (Fsp3) is 0.857. The summed E-state index contributed by atoms with van der Waals surface area (Å²) in [5.74, 6) is 0. The molecule has 0 heterocycles. The zero-order valence-corrected chi connectivity index (χ0v) is 6.43. The summed E-state index contributed by atoms with van der Waals surface area (Å²) in [6.45, 7) is 9.85. The van der Waals surface area contributed by atoms with Gasteiger partial charge in [0.25, 0.3) is 0 Å². The van der Waals surface area contributed by atoms with Crippen LogP contribution in [0.1, 0.15) is 26.7 Å². The minimum Gasteiger partial charge on any atom is -0.298 e. The summed E-state index contributed by atoms with van der Waals surface area (Å²) >= 11 is 0. The van der Waals surface area contributed by atoms with Gasteiger partial charge >= 0.3 is 0 Å². The highest BCUT2D eigenvalue weighted by Gasteiger charge is 1.92. The van der Waals surface area contributed by atoms with Gasteiger partial charge in [-0.1, -0.05) is 13.8 Å². The molecule has 0 unspecified atom stereocenters. The highest BCUT2D eigenvalue weighted by atomic mass is 15.4. The van der Waals surface area contributed by atoms with E-state index in [1.165, 1.54) is 0 Å². The van der Waals surface area contributed by atoms with Crippen molar-refractivity contribution in [3.8, 4) is 0 Å². The SMILES string of the molecule is C=NN(CCC)CCC. The van der Waals surface area contributed by atoms with Crippen molar-refractivity contribution in [3.05, 3.63) is 0 Å². The van der Waals surface area contributed by atoms with Crippen LogP contribution in [0.25, 0.3) is 0 Å². The van der Waals surface area contributed by atoms with Crippen LogP contribution in [0.15, 0.2) is 5.10 Å². The third kappa shape index (κ3) is 4.01. The molecule has 0 radical (unpaired) electrons. The number of hydrogen-bond donors (Lipinski definition) is 0. The van der Waals surface area contributed by atoms with Crippen LogP contribution in [0, 0.1) is 0 Å². The highest BCUT2D eigenvalue weighted by molar-refractivity contribution is 5.22.